The number of halogens is 2. The Morgan fingerprint density at radius 1 is 1.11 bits per heavy atom. The van der Waals surface area contributed by atoms with Crippen LogP contribution in [0.25, 0.3) is 21.8 Å². The van der Waals surface area contributed by atoms with Crippen molar-refractivity contribution in [2.45, 2.75) is 33.2 Å². The lowest BCUT2D eigenvalue weighted by molar-refractivity contribution is -0.116. The Hall–Kier alpha value is -4.11. The van der Waals surface area contributed by atoms with E-state index in [-0.39, 0.29) is 23.9 Å². The molecule has 0 aliphatic carbocycles. The number of para-hydroxylation sites is 1. The van der Waals surface area contributed by atoms with Gasteiger partial charge in [0.05, 0.1) is 17.1 Å². The molecule has 7 nitrogen and oxygen atoms in total. The van der Waals surface area contributed by atoms with E-state index in [4.69, 9.17) is 4.98 Å². The quantitative estimate of drug-likeness (QED) is 0.245. The van der Waals surface area contributed by atoms with Crippen molar-refractivity contribution < 1.29 is 9.18 Å². The number of benzene rings is 3. The maximum absolute atomic E-state index is 13.6. The molecule has 0 atom stereocenters. The molecule has 9 heteroatoms. The minimum atomic E-state index is -0.421. The molecule has 5 aromatic rings. The summed E-state index contributed by atoms with van der Waals surface area (Å²) in [5, 5.41) is 8.71. The van der Waals surface area contributed by atoms with Crippen LogP contribution in [0.1, 0.15) is 36.8 Å². The van der Waals surface area contributed by atoms with Crippen LogP contribution in [-0.2, 0) is 11.3 Å². The van der Waals surface area contributed by atoms with Crippen LogP contribution in [-0.4, -0.2) is 26.3 Å². The molecule has 0 bridgehead atoms. The Kier molecular flexibility index (Phi) is 6.94. The summed E-state index contributed by atoms with van der Waals surface area (Å²) in [4.78, 5) is 31.0. The summed E-state index contributed by atoms with van der Waals surface area (Å²) in [5.41, 5.74) is 3.19. The fourth-order valence-electron chi connectivity index (χ4n) is 4.50. The number of rotatable bonds is 6. The monoisotopic (exact) mass is 573 g/mol. The molecule has 5 rings (SSSR count). The molecule has 0 spiro atoms. The topological polar surface area (TPSA) is 81.3 Å². The van der Waals surface area contributed by atoms with E-state index in [9.17, 15) is 14.0 Å². The fraction of sp³-hybridized carbons (Fsp3) is 0.172. The van der Waals surface area contributed by atoms with E-state index in [1.165, 1.54) is 16.8 Å². The second kappa shape index (κ2) is 10.3. The Morgan fingerprint density at radius 2 is 1.89 bits per heavy atom. The first-order valence-corrected chi connectivity index (χ1v) is 12.9. The second-order valence-electron chi connectivity index (χ2n) is 9.31. The molecule has 1 amide bonds. The van der Waals surface area contributed by atoms with Gasteiger partial charge in [-0.2, -0.15) is 9.78 Å². The van der Waals surface area contributed by atoms with E-state index in [1.807, 2.05) is 61.7 Å². The average molecular weight is 574 g/mol. The smallest absolute Gasteiger partial charge is 0.282 e. The van der Waals surface area contributed by atoms with E-state index >= 15 is 0 Å². The molecule has 38 heavy (non-hydrogen) atoms. The number of aromatic nitrogens is 3. The Balaban J connectivity index is 1.56. The third-order valence-electron chi connectivity index (χ3n) is 6.34. The summed E-state index contributed by atoms with van der Waals surface area (Å²) in [6.07, 6.45) is 1.65. The second-order valence-corrected chi connectivity index (χ2v) is 10.2. The van der Waals surface area contributed by atoms with Crippen LogP contribution in [0.15, 0.2) is 81.1 Å². The zero-order valence-electron chi connectivity index (χ0n) is 21.1. The van der Waals surface area contributed by atoms with E-state index in [0.29, 0.717) is 22.4 Å². The highest BCUT2D eigenvalue weighted by Crippen LogP contribution is 2.25. The molecule has 2 aromatic heterocycles. The number of anilines is 1. The standard InChI is InChI=1S/C29H25BrFN5O2/c1-17(2)28-34-25-12-11-19(30)13-23(25)29(38)36(28)32-15-24-18(3)35(26-10-5-4-9-22(24)26)16-27(37)33-21-8-6-7-20(31)14-21/h4-15,17H,16H2,1-3H3,(H,33,37). The van der Waals surface area contributed by atoms with Gasteiger partial charge in [0, 0.05) is 38.2 Å². The number of hydrogen-bond acceptors (Lipinski definition) is 4. The van der Waals surface area contributed by atoms with Crippen molar-refractivity contribution in [3.05, 3.63) is 104 Å². The van der Waals surface area contributed by atoms with E-state index in [0.717, 1.165) is 26.6 Å². The highest BCUT2D eigenvalue weighted by molar-refractivity contribution is 9.10. The van der Waals surface area contributed by atoms with Crippen LogP contribution in [0.3, 0.4) is 0 Å². The van der Waals surface area contributed by atoms with Gasteiger partial charge >= 0.3 is 0 Å². The normalized spacial score (nSPS) is 11.7. The SMILES string of the molecule is Cc1c(C=Nn2c(C(C)C)nc3ccc(Br)cc3c2=O)c2ccccc2n1CC(=O)Nc1cccc(F)c1. The van der Waals surface area contributed by atoms with Gasteiger partial charge in [0.25, 0.3) is 5.56 Å². The van der Waals surface area contributed by atoms with Crippen LogP contribution in [0.4, 0.5) is 10.1 Å². The lowest BCUT2D eigenvalue weighted by Gasteiger charge is -2.12. The highest BCUT2D eigenvalue weighted by atomic mass is 79.9. The summed E-state index contributed by atoms with van der Waals surface area (Å²) in [5.74, 6) is -0.195. The van der Waals surface area contributed by atoms with Gasteiger partial charge in [-0.1, -0.05) is 54.0 Å². The molecule has 0 aliphatic heterocycles. The van der Waals surface area contributed by atoms with E-state index in [1.54, 1.807) is 24.4 Å². The first-order valence-electron chi connectivity index (χ1n) is 12.1. The van der Waals surface area contributed by atoms with Gasteiger partial charge in [-0.25, -0.2) is 9.37 Å². The summed E-state index contributed by atoms with van der Waals surface area (Å²) in [6.45, 7) is 5.86. The number of hydrogen-bond donors (Lipinski definition) is 1. The number of nitrogens with one attached hydrogen (secondary N) is 1. The van der Waals surface area contributed by atoms with Crippen LogP contribution in [0.5, 0.6) is 0 Å². The van der Waals surface area contributed by atoms with Crippen molar-refractivity contribution in [1.82, 2.24) is 14.2 Å². The van der Waals surface area contributed by atoms with Gasteiger partial charge in [0.15, 0.2) is 0 Å². The largest absolute Gasteiger partial charge is 0.335 e. The molecule has 0 radical (unpaired) electrons. The summed E-state index contributed by atoms with van der Waals surface area (Å²) >= 11 is 3.43. The summed E-state index contributed by atoms with van der Waals surface area (Å²) in [6, 6.07) is 18.9. The zero-order chi connectivity index (χ0) is 27.0. The van der Waals surface area contributed by atoms with Crippen molar-refractivity contribution in [3.8, 4) is 0 Å². The Labute approximate surface area is 226 Å². The van der Waals surface area contributed by atoms with Crippen LogP contribution in [0.2, 0.25) is 0 Å². The first-order chi connectivity index (χ1) is 18.2. The Morgan fingerprint density at radius 3 is 2.66 bits per heavy atom. The average Bonchev–Trinajstić information content (AvgIpc) is 3.14. The summed E-state index contributed by atoms with van der Waals surface area (Å²) in [7, 11) is 0. The van der Waals surface area contributed by atoms with Gasteiger partial charge < -0.3 is 9.88 Å². The predicted octanol–water partition coefficient (Wildman–Crippen LogP) is 6.21. The predicted molar refractivity (Wildman–Crippen MR) is 152 cm³/mol. The summed E-state index contributed by atoms with van der Waals surface area (Å²) < 4.78 is 17.6. The lowest BCUT2D eigenvalue weighted by Crippen LogP contribution is -2.23. The highest BCUT2D eigenvalue weighted by Gasteiger charge is 2.17. The van der Waals surface area contributed by atoms with E-state index < -0.39 is 5.82 Å². The maximum Gasteiger partial charge on any atom is 0.282 e. The molecular weight excluding hydrogens is 549 g/mol. The molecule has 0 aliphatic rings. The number of amides is 1. The number of carbonyl (C=O) groups is 1. The first kappa shape index (κ1) is 25.5. The van der Waals surface area contributed by atoms with Gasteiger partial charge in [0.1, 0.15) is 18.2 Å². The molecule has 0 unspecified atom stereocenters. The molecule has 0 fully saturated rings. The van der Waals surface area contributed by atoms with Crippen molar-refractivity contribution >= 4 is 55.5 Å². The van der Waals surface area contributed by atoms with Crippen LogP contribution < -0.4 is 10.9 Å². The molecule has 0 saturated carbocycles. The maximum atomic E-state index is 13.6. The third kappa shape index (κ3) is 4.89. The van der Waals surface area contributed by atoms with Gasteiger partial charge in [-0.05, 0) is 49.4 Å². The van der Waals surface area contributed by atoms with Gasteiger partial charge in [-0.3, -0.25) is 9.59 Å². The van der Waals surface area contributed by atoms with Gasteiger partial charge in [0.2, 0.25) is 5.91 Å². The molecule has 2 heterocycles. The number of nitrogens with zero attached hydrogens (tertiary/aromatic N) is 4. The molecule has 1 N–H and O–H groups in total. The van der Waals surface area contributed by atoms with Crippen molar-refractivity contribution in [2.75, 3.05) is 5.32 Å². The van der Waals surface area contributed by atoms with E-state index in [2.05, 4.69) is 26.3 Å². The fourth-order valence-corrected chi connectivity index (χ4v) is 4.86. The van der Waals surface area contributed by atoms with Crippen molar-refractivity contribution in [3.63, 3.8) is 0 Å². The van der Waals surface area contributed by atoms with Crippen LogP contribution >= 0.6 is 15.9 Å². The molecular formula is C29H25BrFN5O2. The minimum Gasteiger partial charge on any atom is -0.335 e. The number of carbonyl (C=O) groups excluding carboxylic acids is 1. The zero-order valence-corrected chi connectivity index (χ0v) is 22.7. The third-order valence-corrected chi connectivity index (χ3v) is 6.84. The van der Waals surface area contributed by atoms with Crippen molar-refractivity contribution in [1.29, 1.82) is 0 Å². The molecule has 3 aromatic carbocycles. The minimum absolute atomic E-state index is 0.0272. The Bertz CT molecular complexity index is 1790. The number of fused-ring (bicyclic) bond motifs is 2. The molecule has 0 saturated heterocycles. The lowest BCUT2D eigenvalue weighted by atomic mass is 10.1. The molecule has 192 valence electrons. The van der Waals surface area contributed by atoms with Crippen LogP contribution in [0, 0.1) is 12.7 Å². The van der Waals surface area contributed by atoms with Gasteiger partial charge in [-0.15, -0.1) is 0 Å². The van der Waals surface area contributed by atoms with Crippen molar-refractivity contribution in [2.24, 2.45) is 5.10 Å².